The molecule has 2 aromatic rings. The van der Waals surface area contributed by atoms with Gasteiger partial charge >= 0.3 is 0 Å². The molecule has 1 aromatic carbocycles. The van der Waals surface area contributed by atoms with Crippen LogP contribution in [0.2, 0.25) is 0 Å². The molecule has 0 aliphatic rings. The lowest BCUT2D eigenvalue weighted by Gasteiger charge is -2.07. The summed E-state index contributed by atoms with van der Waals surface area (Å²) in [6.45, 7) is 1.79. The summed E-state index contributed by atoms with van der Waals surface area (Å²) in [6, 6.07) is 7.87. The van der Waals surface area contributed by atoms with Crippen molar-refractivity contribution in [2.45, 2.75) is 6.92 Å². The zero-order valence-corrected chi connectivity index (χ0v) is 12.0. The molecule has 0 fully saturated rings. The van der Waals surface area contributed by atoms with Crippen LogP contribution in [-0.2, 0) is 0 Å². The number of halogens is 1. The summed E-state index contributed by atoms with van der Waals surface area (Å²) in [5.41, 5.74) is 0.975. The number of aromatic nitrogens is 1. The fourth-order valence-corrected chi connectivity index (χ4v) is 2.08. The maximum absolute atomic E-state index is 12.1. The van der Waals surface area contributed by atoms with E-state index in [4.69, 9.17) is 0 Å². The fourth-order valence-electron chi connectivity index (χ4n) is 1.64. The van der Waals surface area contributed by atoms with Gasteiger partial charge in [0.1, 0.15) is 11.4 Å². The minimum Gasteiger partial charge on any atom is -0.315 e. The molecular formula is C13H10BrN3O3. The number of anilines is 1. The van der Waals surface area contributed by atoms with E-state index in [1.807, 2.05) is 0 Å². The Bertz CT molecular complexity index is 688. The first-order valence-corrected chi connectivity index (χ1v) is 6.45. The number of nitro benzene ring substituents is 1. The van der Waals surface area contributed by atoms with Crippen molar-refractivity contribution in [1.29, 1.82) is 0 Å². The lowest BCUT2D eigenvalue weighted by molar-refractivity contribution is -0.383. The van der Waals surface area contributed by atoms with E-state index in [1.54, 1.807) is 31.2 Å². The van der Waals surface area contributed by atoms with Crippen molar-refractivity contribution >= 4 is 33.2 Å². The molecule has 0 aliphatic heterocycles. The van der Waals surface area contributed by atoms with Gasteiger partial charge in [0.25, 0.3) is 11.6 Å². The van der Waals surface area contributed by atoms with Crippen LogP contribution in [0.15, 0.2) is 41.0 Å². The number of nitrogens with one attached hydrogen (secondary N) is 1. The van der Waals surface area contributed by atoms with Crippen LogP contribution in [0.3, 0.4) is 0 Å². The number of rotatable bonds is 3. The predicted molar refractivity (Wildman–Crippen MR) is 77.7 cm³/mol. The van der Waals surface area contributed by atoms with Crippen LogP contribution in [0.5, 0.6) is 0 Å². The van der Waals surface area contributed by atoms with Crippen molar-refractivity contribution in [3.63, 3.8) is 0 Å². The summed E-state index contributed by atoms with van der Waals surface area (Å²) in [5, 5.41) is 13.5. The topological polar surface area (TPSA) is 85.1 Å². The largest absolute Gasteiger partial charge is 0.315 e. The van der Waals surface area contributed by atoms with Crippen LogP contribution in [0, 0.1) is 17.0 Å². The third kappa shape index (κ3) is 3.00. The van der Waals surface area contributed by atoms with E-state index in [0.717, 1.165) is 5.56 Å². The molecule has 0 spiro atoms. The van der Waals surface area contributed by atoms with E-state index in [1.165, 1.54) is 12.3 Å². The van der Waals surface area contributed by atoms with E-state index in [9.17, 15) is 14.9 Å². The van der Waals surface area contributed by atoms with Crippen molar-refractivity contribution < 1.29 is 9.72 Å². The number of nitro groups is 1. The average molecular weight is 336 g/mol. The van der Waals surface area contributed by atoms with Crippen LogP contribution < -0.4 is 5.32 Å². The lowest BCUT2D eigenvalue weighted by Crippen LogP contribution is -2.15. The average Bonchev–Trinajstić information content (AvgIpc) is 2.38. The fraction of sp³-hybridized carbons (Fsp3) is 0.0769. The zero-order valence-electron chi connectivity index (χ0n) is 10.5. The molecular weight excluding hydrogens is 326 g/mol. The summed E-state index contributed by atoms with van der Waals surface area (Å²) in [5.74, 6) is -0.508. The maximum atomic E-state index is 12.1. The minimum atomic E-state index is -0.539. The number of aryl methyl sites for hydroxylation is 1. The molecule has 0 saturated carbocycles. The minimum absolute atomic E-state index is 0.151. The third-order valence-electron chi connectivity index (χ3n) is 2.57. The van der Waals surface area contributed by atoms with Gasteiger partial charge in [0.15, 0.2) is 0 Å². The summed E-state index contributed by atoms with van der Waals surface area (Å²) in [7, 11) is 0. The highest BCUT2D eigenvalue weighted by Crippen LogP contribution is 2.26. The molecule has 1 heterocycles. The Hall–Kier alpha value is -2.28. The van der Waals surface area contributed by atoms with E-state index in [2.05, 4.69) is 26.2 Å². The van der Waals surface area contributed by atoms with E-state index in [-0.39, 0.29) is 17.1 Å². The van der Waals surface area contributed by atoms with Gasteiger partial charge in [-0.1, -0.05) is 6.07 Å². The van der Waals surface area contributed by atoms with Crippen molar-refractivity contribution in [2.75, 3.05) is 5.32 Å². The molecule has 1 amide bonds. The Morgan fingerprint density at radius 1 is 1.40 bits per heavy atom. The van der Waals surface area contributed by atoms with Gasteiger partial charge in [0, 0.05) is 16.7 Å². The second-order valence-electron chi connectivity index (χ2n) is 4.07. The monoisotopic (exact) mass is 335 g/mol. The Morgan fingerprint density at radius 3 is 2.80 bits per heavy atom. The molecule has 2 rings (SSSR count). The molecule has 20 heavy (non-hydrogen) atoms. The van der Waals surface area contributed by atoms with Gasteiger partial charge in [-0.2, -0.15) is 0 Å². The number of nitrogens with zero attached hydrogens (tertiary/aromatic N) is 2. The Balaban J connectivity index is 2.35. The van der Waals surface area contributed by atoms with E-state index in [0.29, 0.717) is 4.47 Å². The van der Waals surface area contributed by atoms with Crippen LogP contribution in [0.1, 0.15) is 16.1 Å². The molecule has 0 aliphatic carbocycles. The molecule has 102 valence electrons. The summed E-state index contributed by atoms with van der Waals surface area (Å²) >= 11 is 3.21. The second kappa shape index (κ2) is 5.79. The Morgan fingerprint density at radius 2 is 2.15 bits per heavy atom. The summed E-state index contributed by atoms with van der Waals surface area (Å²) in [6.07, 6.45) is 1.48. The lowest BCUT2D eigenvalue weighted by atomic mass is 10.2. The number of amides is 1. The van der Waals surface area contributed by atoms with Gasteiger partial charge in [-0.3, -0.25) is 14.9 Å². The molecule has 0 atom stereocenters. The molecule has 0 bridgehead atoms. The summed E-state index contributed by atoms with van der Waals surface area (Å²) < 4.78 is 0.521. The highest BCUT2D eigenvalue weighted by atomic mass is 79.9. The second-order valence-corrected chi connectivity index (χ2v) is 4.92. The number of carbonyl (C=O) groups is 1. The van der Waals surface area contributed by atoms with Gasteiger partial charge in [0.2, 0.25) is 0 Å². The van der Waals surface area contributed by atoms with Crippen LogP contribution in [0.4, 0.5) is 11.4 Å². The normalized spacial score (nSPS) is 10.1. The molecule has 6 nitrogen and oxygen atoms in total. The number of hydrogen-bond donors (Lipinski definition) is 1. The molecule has 0 saturated heterocycles. The van der Waals surface area contributed by atoms with E-state index < -0.39 is 10.8 Å². The van der Waals surface area contributed by atoms with Gasteiger partial charge in [-0.05, 0) is 46.6 Å². The maximum Gasteiger partial charge on any atom is 0.292 e. The van der Waals surface area contributed by atoms with Crippen molar-refractivity contribution in [2.24, 2.45) is 0 Å². The Labute approximate surface area is 123 Å². The molecule has 0 unspecified atom stereocenters. The summed E-state index contributed by atoms with van der Waals surface area (Å²) in [4.78, 5) is 26.4. The molecule has 0 radical (unpaired) electrons. The van der Waals surface area contributed by atoms with Crippen LogP contribution >= 0.6 is 15.9 Å². The van der Waals surface area contributed by atoms with Crippen molar-refractivity contribution in [1.82, 2.24) is 4.98 Å². The number of pyridine rings is 1. The first kappa shape index (κ1) is 14.1. The van der Waals surface area contributed by atoms with Crippen LogP contribution in [-0.4, -0.2) is 15.8 Å². The molecule has 7 heteroatoms. The highest BCUT2D eigenvalue weighted by Gasteiger charge is 2.18. The smallest absolute Gasteiger partial charge is 0.292 e. The predicted octanol–water partition coefficient (Wildman–Crippen LogP) is 3.31. The highest BCUT2D eigenvalue weighted by molar-refractivity contribution is 9.10. The molecule has 1 aromatic heterocycles. The standard InChI is InChI=1S/C13H10BrN3O3/c1-8-4-5-11(17(19)20)10(7-8)16-13(18)12-9(14)3-2-6-15-12/h2-7H,1H3,(H,16,18). The first-order valence-electron chi connectivity index (χ1n) is 5.66. The SMILES string of the molecule is Cc1ccc([N+](=O)[O-])c(NC(=O)c2ncccc2Br)c1. The quantitative estimate of drug-likeness (QED) is 0.688. The first-order chi connectivity index (χ1) is 9.49. The van der Waals surface area contributed by atoms with Gasteiger partial charge in [-0.15, -0.1) is 0 Å². The number of carbonyl (C=O) groups excluding carboxylic acids is 1. The molecule has 1 N–H and O–H groups in total. The number of hydrogen-bond acceptors (Lipinski definition) is 4. The van der Waals surface area contributed by atoms with E-state index >= 15 is 0 Å². The van der Waals surface area contributed by atoms with Crippen LogP contribution in [0.25, 0.3) is 0 Å². The zero-order chi connectivity index (χ0) is 14.7. The van der Waals surface area contributed by atoms with Gasteiger partial charge in [-0.25, -0.2) is 4.98 Å². The Kier molecular flexibility index (Phi) is 4.09. The van der Waals surface area contributed by atoms with Gasteiger partial charge < -0.3 is 5.32 Å². The van der Waals surface area contributed by atoms with Crippen molar-refractivity contribution in [3.8, 4) is 0 Å². The van der Waals surface area contributed by atoms with Crippen molar-refractivity contribution in [3.05, 3.63) is 62.4 Å². The van der Waals surface area contributed by atoms with Gasteiger partial charge in [0.05, 0.1) is 4.92 Å². The third-order valence-corrected chi connectivity index (χ3v) is 3.21. The number of benzene rings is 1.